The monoisotopic (exact) mass is 485 g/mol. The summed E-state index contributed by atoms with van der Waals surface area (Å²) in [5.74, 6) is 1.91. The predicted octanol–water partition coefficient (Wildman–Crippen LogP) is 4.56. The highest BCUT2D eigenvalue weighted by atomic mass is 35.5. The molecule has 3 aliphatic rings. The molecule has 5 rings (SSSR count). The van der Waals surface area contributed by atoms with Crippen molar-refractivity contribution in [3.05, 3.63) is 53.2 Å². The second-order valence-corrected chi connectivity index (χ2v) is 9.20. The summed E-state index contributed by atoms with van der Waals surface area (Å²) in [5, 5.41) is 0.498. The van der Waals surface area contributed by atoms with Crippen LogP contribution in [0.2, 0.25) is 5.02 Å². The summed E-state index contributed by atoms with van der Waals surface area (Å²) in [4.78, 5) is 15.6. The Morgan fingerprint density at radius 1 is 1.00 bits per heavy atom. The number of allylic oxidation sites excluding steroid dienone is 1. The van der Waals surface area contributed by atoms with Gasteiger partial charge in [-0.15, -0.1) is 0 Å². The largest absolute Gasteiger partial charge is 0.497 e. The van der Waals surface area contributed by atoms with Crippen LogP contribution in [-0.2, 0) is 14.3 Å². The smallest absolute Gasteiger partial charge is 0.173 e. The van der Waals surface area contributed by atoms with Crippen molar-refractivity contribution >= 4 is 28.6 Å². The zero-order valence-electron chi connectivity index (χ0n) is 19.5. The second-order valence-electron chi connectivity index (χ2n) is 8.79. The highest BCUT2D eigenvalue weighted by Crippen LogP contribution is 2.45. The highest BCUT2D eigenvalue weighted by Gasteiger charge is 2.49. The molecule has 0 N–H and O–H groups in total. The van der Waals surface area contributed by atoms with Gasteiger partial charge in [0, 0.05) is 18.5 Å². The Kier molecular flexibility index (Phi) is 6.32. The van der Waals surface area contributed by atoms with Gasteiger partial charge in [-0.05, 0) is 36.6 Å². The number of fused-ring (bicyclic) bond motifs is 3. The van der Waals surface area contributed by atoms with E-state index < -0.39 is 0 Å². The number of carbonyl (C=O) groups is 1. The number of rotatable bonds is 5. The molecule has 8 heteroatoms. The topological polar surface area (TPSA) is 66.5 Å². The van der Waals surface area contributed by atoms with Gasteiger partial charge >= 0.3 is 0 Å². The maximum atomic E-state index is 13.5. The molecule has 2 fully saturated rings. The number of carbonyl (C=O) groups excluding carboxylic acids is 1. The molecule has 1 aliphatic carbocycles. The van der Waals surface area contributed by atoms with Gasteiger partial charge in [-0.25, -0.2) is 0 Å². The van der Waals surface area contributed by atoms with Crippen LogP contribution in [0.4, 0.5) is 5.69 Å². The lowest BCUT2D eigenvalue weighted by atomic mass is 9.71. The van der Waals surface area contributed by atoms with Crippen LogP contribution in [0, 0.1) is 11.8 Å². The Morgan fingerprint density at radius 3 is 2.47 bits per heavy atom. The van der Waals surface area contributed by atoms with Gasteiger partial charge in [0.05, 0.1) is 55.9 Å². The second kappa shape index (κ2) is 9.39. The average Bonchev–Trinajstić information content (AvgIpc) is 2.88. The summed E-state index contributed by atoms with van der Waals surface area (Å²) in [6, 6.07) is 11.1. The number of ketones is 1. The summed E-state index contributed by atoms with van der Waals surface area (Å²) in [6.45, 7) is 1.09. The Bertz CT molecular complexity index is 1100. The molecule has 2 aromatic rings. The van der Waals surface area contributed by atoms with Crippen molar-refractivity contribution in [2.24, 2.45) is 11.8 Å². The maximum absolute atomic E-state index is 13.5. The third-order valence-electron chi connectivity index (χ3n) is 7.07. The van der Waals surface area contributed by atoms with Gasteiger partial charge in [0.1, 0.15) is 30.1 Å². The van der Waals surface area contributed by atoms with Crippen LogP contribution in [-0.4, -0.2) is 52.6 Å². The Hall–Kier alpha value is -2.90. The van der Waals surface area contributed by atoms with E-state index >= 15 is 0 Å². The normalized spacial score (nSPS) is 26.1. The number of ether oxygens (including phenoxy) is 5. The Balaban J connectivity index is 1.39. The number of benzene rings is 2. The zero-order valence-corrected chi connectivity index (χ0v) is 20.2. The number of Topliss-reactive ketones (excluding diaryl/α,β-unsaturated/α-hetero) is 1. The van der Waals surface area contributed by atoms with Crippen LogP contribution in [0.15, 0.2) is 42.7 Å². The third-order valence-corrected chi connectivity index (χ3v) is 7.37. The summed E-state index contributed by atoms with van der Waals surface area (Å²) in [5.41, 5.74) is 2.27. The number of nitrogens with zero attached hydrogens (tertiary/aromatic N) is 1. The molecule has 180 valence electrons. The number of anilines is 1. The van der Waals surface area contributed by atoms with Crippen molar-refractivity contribution in [2.45, 2.75) is 25.0 Å². The first-order chi connectivity index (χ1) is 16.5. The Labute approximate surface area is 204 Å². The minimum Gasteiger partial charge on any atom is -0.497 e. The summed E-state index contributed by atoms with van der Waals surface area (Å²) in [6.07, 6.45) is 3.00. The lowest BCUT2D eigenvalue weighted by Gasteiger charge is -2.48. The molecule has 34 heavy (non-hydrogen) atoms. The lowest BCUT2D eigenvalue weighted by Crippen LogP contribution is -2.56. The van der Waals surface area contributed by atoms with Gasteiger partial charge in [0.25, 0.3) is 0 Å². The minimum absolute atomic E-state index is 0.0377. The molecule has 2 aliphatic heterocycles. The van der Waals surface area contributed by atoms with Crippen molar-refractivity contribution in [1.29, 1.82) is 0 Å². The van der Waals surface area contributed by atoms with Crippen molar-refractivity contribution < 1.29 is 28.5 Å². The molecule has 0 aromatic heterocycles. The van der Waals surface area contributed by atoms with Gasteiger partial charge in [-0.1, -0.05) is 23.7 Å². The molecule has 4 unspecified atom stereocenters. The minimum atomic E-state index is -0.240. The molecule has 7 nitrogen and oxygen atoms in total. The third kappa shape index (κ3) is 3.97. The van der Waals surface area contributed by atoms with Crippen molar-refractivity contribution in [2.75, 3.05) is 39.5 Å². The lowest BCUT2D eigenvalue weighted by molar-refractivity contribution is -0.140. The summed E-state index contributed by atoms with van der Waals surface area (Å²) >= 11 is 6.41. The molecular formula is C26H28ClNO6. The van der Waals surface area contributed by atoms with Crippen LogP contribution in [0.25, 0.3) is 5.57 Å². The van der Waals surface area contributed by atoms with E-state index in [0.717, 1.165) is 29.8 Å². The van der Waals surface area contributed by atoms with E-state index in [4.69, 9.17) is 35.3 Å². The van der Waals surface area contributed by atoms with E-state index in [1.165, 1.54) is 0 Å². The van der Waals surface area contributed by atoms with Gasteiger partial charge in [0.15, 0.2) is 5.78 Å². The van der Waals surface area contributed by atoms with Gasteiger partial charge in [-0.2, -0.15) is 0 Å². The van der Waals surface area contributed by atoms with Crippen LogP contribution >= 0.6 is 11.6 Å². The molecule has 2 heterocycles. The number of halogens is 1. The Morgan fingerprint density at radius 2 is 1.76 bits per heavy atom. The molecule has 0 amide bonds. The molecule has 2 aromatic carbocycles. The first-order valence-electron chi connectivity index (χ1n) is 11.4. The van der Waals surface area contributed by atoms with E-state index in [9.17, 15) is 4.79 Å². The fraction of sp³-hybridized carbons (Fsp3) is 0.423. The number of hydrogen-bond donors (Lipinski definition) is 0. The van der Waals surface area contributed by atoms with Crippen molar-refractivity contribution in [3.63, 3.8) is 0 Å². The van der Waals surface area contributed by atoms with Crippen LogP contribution in [0.1, 0.15) is 18.4 Å². The van der Waals surface area contributed by atoms with Crippen molar-refractivity contribution in [3.8, 4) is 17.2 Å². The fourth-order valence-corrected chi connectivity index (χ4v) is 5.51. The van der Waals surface area contributed by atoms with E-state index in [1.54, 1.807) is 33.7 Å². The first-order valence-corrected chi connectivity index (χ1v) is 11.7. The molecular weight excluding hydrogens is 458 g/mol. The predicted molar refractivity (Wildman–Crippen MR) is 129 cm³/mol. The standard InChI is InChI=1S/C26H28ClNO6/c1-30-16-6-4-15(5-7-16)19-13-33-26-17(25(19)29)8-9-22-18(26)12-28(14-34-22)21-10-20(27)23(31-2)11-24(21)32-3/h4-7,10-11,13,17-18,22,26H,8-9,12,14H2,1-3H3. The van der Waals surface area contributed by atoms with Gasteiger partial charge in [0.2, 0.25) is 0 Å². The van der Waals surface area contributed by atoms with Crippen LogP contribution in [0.5, 0.6) is 17.2 Å². The van der Waals surface area contributed by atoms with E-state index in [1.807, 2.05) is 30.3 Å². The molecule has 1 saturated carbocycles. The molecule has 1 saturated heterocycles. The summed E-state index contributed by atoms with van der Waals surface area (Å²) in [7, 11) is 4.81. The first kappa shape index (κ1) is 22.9. The molecule has 0 radical (unpaired) electrons. The summed E-state index contributed by atoms with van der Waals surface area (Å²) < 4.78 is 28.6. The zero-order chi connectivity index (χ0) is 23.8. The van der Waals surface area contributed by atoms with Crippen LogP contribution < -0.4 is 19.1 Å². The van der Waals surface area contributed by atoms with Crippen molar-refractivity contribution in [1.82, 2.24) is 0 Å². The molecule has 4 atom stereocenters. The SMILES string of the molecule is COc1ccc(C2=COC3C(CCC4OCN(c5cc(Cl)c(OC)cc5OC)CC43)C2=O)cc1. The van der Waals surface area contributed by atoms with E-state index in [2.05, 4.69) is 4.90 Å². The van der Waals surface area contributed by atoms with Gasteiger partial charge < -0.3 is 28.6 Å². The quantitative estimate of drug-likeness (QED) is 0.614. The molecule has 0 bridgehead atoms. The highest BCUT2D eigenvalue weighted by molar-refractivity contribution is 6.32. The molecule has 0 spiro atoms. The number of hydrogen-bond acceptors (Lipinski definition) is 7. The van der Waals surface area contributed by atoms with Crippen LogP contribution in [0.3, 0.4) is 0 Å². The fourth-order valence-electron chi connectivity index (χ4n) is 5.27. The van der Waals surface area contributed by atoms with E-state index in [0.29, 0.717) is 35.4 Å². The van der Waals surface area contributed by atoms with Gasteiger partial charge in [-0.3, -0.25) is 4.79 Å². The number of methoxy groups -OCH3 is 3. The van der Waals surface area contributed by atoms with E-state index in [-0.39, 0.29) is 29.8 Å². The maximum Gasteiger partial charge on any atom is 0.173 e. The average molecular weight is 486 g/mol.